The van der Waals surface area contributed by atoms with Gasteiger partial charge in [-0.2, -0.15) is 0 Å². The van der Waals surface area contributed by atoms with Crippen molar-refractivity contribution in [3.63, 3.8) is 0 Å². The topological polar surface area (TPSA) is 61.9 Å². The first-order valence-electron chi connectivity index (χ1n) is 11.0. The lowest BCUT2D eigenvalue weighted by Crippen LogP contribution is -2.52. The van der Waals surface area contributed by atoms with E-state index in [1.807, 2.05) is 11.8 Å². The van der Waals surface area contributed by atoms with Crippen molar-refractivity contribution >= 4 is 12.0 Å². The van der Waals surface area contributed by atoms with Gasteiger partial charge in [0.1, 0.15) is 0 Å². The third-order valence-electron chi connectivity index (χ3n) is 8.13. The van der Waals surface area contributed by atoms with Gasteiger partial charge in [0.2, 0.25) is 5.91 Å². The fourth-order valence-electron chi connectivity index (χ4n) is 6.14. The van der Waals surface area contributed by atoms with Crippen LogP contribution < -0.4 is 5.32 Å². The van der Waals surface area contributed by atoms with E-state index in [2.05, 4.69) is 10.2 Å². The van der Waals surface area contributed by atoms with E-state index in [0.717, 1.165) is 45.1 Å². The minimum absolute atomic E-state index is 0.143. The van der Waals surface area contributed by atoms with Crippen molar-refractivity contribution in [3.05, 3.63) is 0 Å². The molecule has 0 unspecified atom stereocenters. The molecule has 2 saturated heterocycles. The van der Waals surface area contributed by atoms with Crippen molar-refractivity contribution in [1.29, 1.82) is 0 Å². The van der Waals surface area contributed by atoms with E-state index in [0.29, 0.717) is 41.7 Å². The number of piperidine rings is 1. The second-order valence-corrected chi connectivity index (χ2v) is 9.78. The maximum atomic E-state index is 12.4. The summed E-state index contributed by atoms with van der Waals surface area (Å²) in [5.74, 6) is 2.56. The number of fused-ring (bicyclic) bond motifs is 1. The third kappa shape index (κ3) is 3.14. The van der Waals surface area contributed by atoms with Crippen molar-refractivity contribution in [1.82, 2.24) is 15.1 Å². The van der Waals surface area contributed by atoms with E-state index < -0.39 is 0 Å². The molecule has 0 radical (unpaired) electrons. The highest BCUT2D eigenvalue weighted by molar-refractivity contribution is 5.82. The lowest BCUT2D eigenvalue weighted by Gasteiger charge is -2.49. The van der Waals surface area contributed by atoms with E-state index in [1.54, 1.807) is 0 Å². The summed E-state index contributed by atoms with van der Waals surface area (Å²) < 4.78 is 5.15. The molecule has 0 bridgehead atoms. The molecule has 6 nitrogen and oxygen atoms in total. The van der Waals surface area contributed by atoms with Crippen LogP contribution in [0.4, 0.5) is 4.79 Å². The average molecular weight is 376 g/mol. The summed E-state index contributed by atoms with van der Waals surface area (Å²) in [6, 6.07) is 0.665. The molecule has 1 N–H and O–H groups in total. The number of nitrogens with zero attached hydrogens (tertiary/aromatic N) is 2. The molecule has 0 aromatic rings. The molecule has 3 saturated carbocycles. The van der Waals surface area contributed by atoms with Crippen LogP contribution in [0.3, 0.4) is 0 Å². The first-order chi connectivity index (χ1) is 13.1. The van der Waals surface area contributed by atoms with Gasteiger partial charge < -0.3 is 15.0 Å². The number of amides is 2. The van der Waals surface area contributed by atoms with Crippen molar-refractivity contribution < 1.29 is 14.3 Å². The van der Waals surface area contributed by atoms with Gasteiger partial charge in [-0.15, -0.1) is 0 Å². The van der Waals surface area contributed by atoms with Gasteiger partial charge in [-0.25, -0.2) is 4.79 Å². The highest BCUT2D eigenvalue weighted by atomic mass is 16.6. The monoisotopic (exact) mass is 375 g/mol. The summed E-state index contributed by atoms with van der Waals surface area (Å²) in [4.78, 5) is 28.9. The van der Waals surface area contributed by atoms with Crippen molar-refractivity contribution in [3.8, 4) is 0 Å². The normalized spacial score (nSPS) is 40.4. The number of rotatable bonds is 5. The molecule has 2 amide bonds. The Kier molecular flexibility index (Phi) is 4.37. The SMILES string of the molecule is CCOC(=O)N1CCC2(CC(N3C[C@@H]4[C@H](C3)[C@H]4C(=O)NCC3CCC3)C2)C1. The molecule has 6 heteroatoms. The summed E-state index contributed by atoms with van der Waals surface area (Å²) >= 11 is 0. The minimum Gasteiger partial charge on any atom is -0.450 e. The fourth-order valence-corrected chi connectivity index (χ4v) is 6.14. The van der Waals surface area contributed by atoms with E-state index in [-0.39, 0.29) is 6.09 Å². The molecule has 2 heterocycles. The molecular weight excluding hydrogens is 342 g/mol. The number of carbonyl (C=O) groups is 2. The molecule has 0 aromatic heterocycles. The van der Waals surface area contributed by atoms with Gasteiger partial charge in [0.05, 0.1) is 6.61 Å². The molecule has 5 rings (SSSR count). The van der Waals surface area contributed by atoms with E-state index in [9.17, 15) is 9.59 Å². The molecule has 150 valence electrons. The lowest BCUT2D eigenvalue weighted by molar-refractivity contribution is -0.123. The number of likely N-dealkylation sites (tertiary alicyclic amines) is 2. The van der Waals surface area contributed by atoms with Gasteiger partial charge in [-0.05, 0) is 62.2 Å². The zero-order valence-electron chi connectivity index (χ0n) is 16.5. The number of hydrogen-bond donors (Lipinski definition) is 1. The number of carbonyl (C=O) groups excluding carboxylic acids is 2. The van der Waals surface area contributed by atoms with Gasteiger partial charge in [-0.3, -0.25) is 9.69 Å². The third-order valence-corrected chi connectivity index (χ3v) is 8.13. The minimum atomic E-state index is -0.143. The van der Waals surface area contributed by atoms with E-state index in [4.69, 9.17) is 4.74 Å². The van der Waals surface area contributed by atoms with E-state index >= 15 is 0 Å². The predicted octanol–water partition coefficient (Wildman–Crippen LogP) is 2.09. The molecule has 27 heavy (non-hydrogen) atoms. The van der Waals surface area contributed by atoms with Crippen molar-refractivity contribution in [2.45, 2.75) is 51.5 Å². The second kappa shape index (κ2) is 6.64. The Morgan fingerprint density at radius 2 is 1.93 bits per heavy atom. The van der Waals surface area contributed by atoms with Gasteiger partial charge in [0.25, 0.3) is 0 Å². The summed E-state index contributed by atoms with van der Waals surface area (Å²) in [7, 11) is 0. The maximum absolute atomic E-state index is 12.4. The zero-order chi connectivity index (χ0) is 18.6. The number of nitrogens with one attached hydrogen (secondary N) is 1. The summed E-state index contributed by atoms with van der Waals surface area (Å²) in [6.07, 6.45) is 7.32. The van der Waals surface area contributed by atoms with Crippen LogP contribution >= 0.6 is 0 Å². The molecule has 5 aliphatic rings. The van der Waals surface area contributed by atoms with Crippen LogP contribution in [0, 0.1) is 29.1 Å². The van der Waals surface area contributed by atoms with Crippen molar-refractivity contribution in [2.24, 2.45) is 29.1 Å². The fraction of sp³-hybridized carbons (Fsp3) is 0.905. The molecule has 3 atom stereocenters. The van der Waals surface area contributed by atoms with Gasteiger partial charge in [0.15, 0.2) is 0 Å². The Morgan fingerprint density at radius 1 is 1.19 bits per heavy atom. The molecule has 3 aliphatic carbocycles. The lowest BCUT2D eigenvalue weighted by atomic mass is 9.64. The standard InChI is InChI=1S/C21H33N3O3/c1-2-27-20(26)23-7-6-21(13-23)8-15(9-21)24-11-16-17(12-24)18(16)19(25)22-10-14-4-3-5-14/h14-18H,2-13H2,1H3,(H,22,25)/t15?,16-,17+,18+,21?. The zero-order valence-corrected chi connectivity index (χ0v) is 16.5. The second-order valence-electron chi connectivity index (χ2n) is 9.78. The first-order valence-corrected chi connectivity index (χ1v) is 11.0. The van der Waals surface area contributed by atoms with E-state index in [1.165, 1.54) is 32.1 Å². The van der Waals surface area contributed by atoms with Crippen LogP contribution in [0.5, 0.6) is 0 Å². The predicted molar refractivity (Wildman–Crippen MR) is 101 cm³/mol. The maximum Gasteiger partial charge on any atom is 0.409 e. The number of hydrogen-bond acceptors (Lipinski definition) is 4. The molecular formula is C21H33N3O3. The Morgan fingerprint density at radius 3 is 2.56 bits per heavy atom. The van der Waals surface area contributed by atoms with Gasteiger partial charge >= 0.3 is 6.09 Å². The smallest absolute Gasteiger partial charge is 0.409 e. The average Bonchev–Trinajstić information content (AvgIpc) is 2.96. The summed E-state index contributed by atoms with van der Waals surface area (Å²) in [5.41, 5.74) is 0.337. The van der Waals surface area contributed by atoms with Crippen LogP contribution in [0.15, 0.2) is 0 Å². The Hall–Kier alpha value is -1.30. The van der Waals surface area contributed by atoms with Gasteiger partial charge in [-0.1, -0.05) is 6.42 Å². The number of ether oxygens (including phenoxy) is 1. The van der Waals surface area contributed by atoms with Crippen LogP contribution in [0.25, 0.3) is 0 Å². The summed E-state index contributed by atoms with van der Waals surface area (Å²) in [6.45, 7) is 7.15. The highest BCUT2D eigenvalue weighted by Crippen LogP contribution is 2.57. The Bertz CT molecular complexity index is 602. The summed E-state index contributed by atoms with van der Waals surface area (Å²) in [5, 5.41) is 3.21. The van der Waals surface area contributed by atoms with Crippen LogP contribution in [0.2, 0.25) is 0 Å². The molecule has 0 aromatic carbocycles. The van der Waals surface area contributed by atoms with Crippen LogP contribution in [-0.2, 0) is 9.53 Å². The molecule has 1 spiro atoms. The Labute approximate surface area is 162 Å². The largest absolute Gasteiger partial charge is 0.450 e. The first kappa shape index (κ1) is 17.8. The highest BCUT2D eigenvalue weighted by Gasteiger charge is 2.62. The molecule has 5 fully saturated rings. The quantitative estimate of drug-likeness (QED) is 0.799. The van der Waals surface area contributed by atoms with Crippen LogP contribution in [0.1, 0.15) is 45.4 Å². The van der Waals surface area contributed by atoms with Crippen molar-refractivity contribution in [2.75, 3.05) is 39.3 Å². The van der Waals surface area contributed by atoms with Gasteiger partial charge in [0, 0.05) is 44.7 Å². The Balaban J connectivity index is 1.04. The van der Waals surface area contributed by atoms with Crippen LogP contribution in [-0.4, -0.2) is 67.2 Å². The molecule has 2 aliphatic heterocycles.